The van der Waals surface area contributed by atoms with Gasteiger partial charge in [0, 0.05) is 6.04 Å². The van der Waals surface area contributed by atoms with Crippen LogP contribution in [-0.2, 0) is 13.1 Å². The van der Waals surface area contributed by atoms with Crippen LogP contribution in [0.3, 0.4) is 0 Å². The maximum Gasteiger partial charge on any atom is 0.257 e. The van der Waals surface area contributed by atoms with Crippen LogP contribution in [0.4, 0.5) is 8.78 Å². The van der Waals surface area contributed by atoms with Gasteiger partial charge in [0.05, 0.1) is 6.54 Å². The SMILES string of the molecule is FC(F)Cn1ncnc1CN1CCCCC[C@@H]1C1CCCCC1. The first-order valence-electron chi connectivity index (χ1n) is 9.13. The van der Waals surface area contributed by atoms with E-state index in [1.165, 1.54) is 68.8 Å². The Hall–Kier alpha value is -1.04. The van der Waals surface area contributed by atoms with Crippen LogP contribution in [0.15, 0.2) is 6.33 Å². The Bertz CT molecular complexity index is 471. The molecule has 1 atom stereocenters. The van der Waals surface area contributed by atoms with Crippen molar-refractivity contribution >= 4 is 0 Å². The van der Waals surface area contributed by atoms with Gasteiger partial charge in [-0.25, -0.2) is 18.4 Å². The number of aromatic nitrogens is 3. The van der Waals surface area contributed by atoms with Gasteiger partial charge >= 0.3 is 0 Å². The van der Waals surface area contributed by atoms with Crippen molar-refractivity contribution in [2.45, 2.75) is 83.3 Å². The highest BCUT2D eigenvalue weighted by Crippen LogP contribution is 2.33. The van der Waals surface area contributed by atoms with Gasteiger partial charge in [-0.3, -0.25) is 4.90 Å². The molecule has 1 aromatic heterocycles. The van der Waals surface area contributed by atoms with E-state index < -0.39 is 6.43 Å². The molecule has 0 N–H and O–H groups in total. The molecular formula is C17H28F2N4. The molecule has 1 aliphatic heterocycles. The van der Waals surface area contributed by atoms with E-state index in [-0.39, 0.29) is 6.54 Å². The smallest absolute Gasteiger partial charge is 0.257 e. The highest BCUT2D eigenvalue weighted by atomic mass is 19.3. The summed E-state index contributed by atoms with van der Waals surface area (Å²) in [6.45, 7) is 1.37. The number of likely N-dealkylation sites (tertiary alicyclic amines) is 1. The van der Waals surface area contributed by atoms with Crippen molar-refractivity contribution in [2.75, 3.05) is 6.54 Å². The van der Waals surface area contributed by atoms with Gasteiger partial charge in [-0.1, -0.05) is 32.1 Å². The monoisotopic (exact) mass is 326 g/mol. The Balaban J connectivity index is 1.70. The van der Waals surface area contributed by atoms with E-state index in [1.807, 2.05) is 0 Å². The molecule has 0 radical (unpaired) electrons. The summed E-state index contributed by atoms with van der Waals surface area (Å²) in [5.74, 6) is 1.46. The van der Waals surface area contributed by atoms with E-state index >= 15 is 0 Å². The van der Waals surface area contributed by atoms with Gasteiger partial charge in [0.2, 0.25) is 0 Å². The number of hydrogen-bond acceptors (Lipinski definition) is 3. The van der Waals surface area contributed by atoms with Crippen molar-refractivity contribution < 1.29 is 8.78 Å². The van der Waals surface area contributed by atoms with Crippen molar-refractivity contribution in [3.05, 3.63) is 12.2 Å². The zero-order chi connectivity index (χ0) is 16.1. The maximum atomic E-state index is 12.7. The van der Waals surface area contributed by atoms with Gasteiger partial charge in [0.25, 0.3) is 6.43 Å². The van der Waals surface area contributed by atoms with E-state index in [2.05, 4.69) is 15.0 Å². The normalized spacial score (nSPS) is 24.9. The zero-order valence-electron chi connectivity index (χ0n) is 13.8. The lowest BCUT2D eigenvalue weighted by atomic mass is 9.81. The standard InChI is InChI=1S/C17H28F2N4/c18-16(19)11-23-17(20-13-21-23)12-22-10-6-2-5-9-15(22)14-7-3-1-4-8-14/h13-16H,1-12H2/t15-/m1/s1. The summed E-state index contributed by atoms with van der Waals surface area (Å²) in [7, 11) is 0. The number of alkyl halides is 2. The molecule has 1 aromatic rings. The molecule has 0 amide bonds. The summed E-state index contributed by atoms with van der Waals surface area (Å²) in [4.78, 5) is 6.76. The fourth-order valence-corrected chi connectivity index (χ4v) is 4.32. The van der Waals surface area contributed by atoms with Gasteiger partial charge < -0.3 is 0 Å². The first-order valence-corrected chi connectivity index (χ1v) is 9.13. The largest absolute Gasteiger partial charge is 0.293 e. The third kappa shape index (κ3) is 4.49. The molecule has 6 heteroatoms. The summed E-state index contributed by atoms with van der Waals surface area (Å²) in [6.07, 6.45) is 10.7. The quantitative estimate of drug-likeness (QED) is 0.824. The van der Waals surface area contributed by atoms with Crippen molar-refractivity contribution in [1.82, 2.24) is 19.7 Å². The summed E-state index contributed by atoms with van der Waals surface area (Å²) in [5, 5.41) is 3.98. The van der Waals surface area contributed by atoms with E-state index in [0.29, 0.717) is 18.4 Å². The van der Waals surface area contributed by atoms with E-state index in [9.17, 15) is 8.78 Å². The number of nitrogens with zero attached hydrogens (tertiary/aromatic N) is 4. The van der Waals surface area contributed by atoms with Crippen LogP contribution in [0, 0.1) is 5.92 Å². The minimum absolute atomic E-state index is 0.350. The van der Waals surface area contributed by atoms with E-state index in [4.69, 9.17) is 0 Å². The summed E-state index contributed by atoms with van der Waals surface area (Å²) in [6, 6.07) is 0.592. The molecule has 130 valence electrons. The molecule has 2 aliphatic rings. The number of hydrogen-bond donors (Lipinski definition) is 0. The molecular weight excluding hydrogens is 298 g/mol. The molecule has 0 bridgehead atoms. The molecule has 0 spiro atoms. The molecule has 4 nitrogen and oxygen atoms in total. The average molecular weight is 326 g/mol. The van der Waals surface area contributed by atoms with Gasteiger partial charge in [-0.2, -0.15) is 5.10 Å². The summed E-state index contributed by atoms with van der Waals surface area (Å²) >= 11 is 0. The van der Waals surface area contributed by atoms with Crippen molar-refractivity contribution in [3.63, 3.8) is 0 Å². The fraction of sp³-hybridized carbons (Fsp3) is 0.882. The molecule has 3 rings (SSSR count). The van der Waals surface area contributed by atoms with Crippen molar-refractivity contribution in [3.8, 4) is 0 Å². The molecule has 23 heavy (non-hydrogen) atoms. The Labute approximate surface area is 137 Å². The molecule has 1 saturated carbocycles. The first kappa shape index (κ1) is 16.8. The Kier molecular flexibility index (Phi) is 5.97. The third-order valence-electron chi connectivity index (χ3n) is 5.46. The molecule has 1 aliphatic carbocycles. The molecule has 2 heterocycles. The number of rotatable bonds is 5. The van der Waals surface area contributed by atoms with Crippen LogP contribution < -0.4 is 0 Å². The van der Waals surface area contributed by atoms with Crippen molar-refractivity contribution in [2.24, 2.45) is 5.92 Å². The zero-order valence-corrected chi connectivity index (χ0v) is 13.8. The second-order valence-electron chi connectivity index (χ2n) is 7.03. The lowest BCUT2D eigenvalue weighted by molar-refractivity contribution is 0.0986. The van der Waals surface area contributed by atoms with E-state index in [0.717, 1.165) is 12.5 Å². The highest BCUT2D eigenvalue weighted by Gasteiger charge is 2.30. The Morgan fingerprint density at radius 1 is 1.04 bits per heavy atom. The minimum atomic E-state index is -2.38. The minimum Gasteiger partial charge on any atom is -0.293 e. The molecule has 0 aromatic carbocycles. The van der Waals surface area contributed by atoms with Gasteiger partial charge in [-0.05, 0) is 38.1 Å². The number of halogens is 2. The third-order valence-corrected chi connectivity index (χ3v) is 5.46. The topological polar surface area (TPSA) is 34.0 Å². The van der Waals surface area contributed by atoms with Crippen LogP contribution in [0.25, 0.3) is 0 Å². The average Bonchev–Trinajstić information content (AvgIpc) is 2.83. The van der Waals surface area contributed by atoms with Crippen LogP contribution >= 0.6 is 0 Å². The molecule has 1 saturated heterocycles. The summed E-state index contributed by atoms with van der Waals surface area (Å²) < 4.78 is 26.8. The van der Waals surface area contributed by atoms with Gasteiger partial charge in [0.15, 0.2) is 0 Å². The molecule has 2 fully saturated rings. The predicted molar refractivity (Wildman–Crippen MR) is 85.3 cm³/mol. The predicted octanol–water partition coefficient (Wildman–Crippen LogP) is 3.87. The van der Waals surface area contributed by atoms with Crippen LogP contribution in [-0.4, -0.2) is 38.7 Å². The highest BCUT2D eigenvalue weighted by molar-refractivity contribution is 4.90. The molecule has 0 unspecified atom stereocenters. The second kappa shape index (κ2) is 8.18. The lowest BCUT2D eigenvalue weighted by Gasteiger charge is -2.37. The van der Waals surface area contributed by atoms with Gasteiger partial charge in [-0.15, -0.1) is 0 Å². The van der Waals surface area contributed by atoms with E-state index in [1.54, 1.807) is 0 Å². The fourth-order valence-electron chi connectivity index (χ4n) is 4.32. The summed E-state index contributed by atoms with van der Waals surface area (Å²) in [5.41, 5.74) is 0. The Morgan fingerprint density at radius 3 is 2.57 bits per heavy atom. The van der Waals surface area contributed by atoms with Crippen LogP contribution in [0.1, 0.15) is 63.6 Å². The van der Waals surface area contributed by atoms with Gasteiger partial charge in [0.1, 0.15) is 18.7 Å². The van der Waals surface area contributed by atoms with Crippen LogP contribution in [0.2, 0.25) is 0 Å². The van der Waals surface area contributed by atoms with Crippen molar-refractivity contribution in [1.29, 1.82) is 0 Å². The lowest BCUT2D eigenvalue weighted by Crippen LogP contribution is -2.41. The van der Waals surface area contributed by atoms with Crippen LogP contribution in [0.5, 0.6) is 0 Å². The maximum absolute atomic E-state index is 12.7. The second-order valence-corrected chi connectivity index (χ2v) is 7.03. The first-order chi connectivity index (χ1) is 11.2. The Morgan fingerprint density at radius 2 is 1.78 bits per heavy atom.